The Morgan fingerprint density at radius 2 is 1.97 bits per heavy atom. The van der Waals surface area contributed by atoms with Crippen molar-refractivity contribution in [1.82, 2.24) is 15.1 Å². The number of phenols is 1. The molecule has 2 aromatic carbocycles. The average molecular weight is 464 g/mol. The molecule has 180 valence electrons. The molecule has 1 aliphatic rings. The second-order valence-corrected chi connectivity index (χ2v) is 8.94. The number of carbonyl (C=O) groups is 1. The molecule has 1 amide bonds. The smallest absolute Gasteiger partial charge is 0.273 e. The van der Waals surface area contributed by atoms with E-state index in [0.29, 0.717) is 36.5 Å². The lowest BCUT2D eigenvalue weighted by Gasteiger charge is -2.26. The molecule has 3 N–H and O–H groups in total. The van der Waals surface area contributed by atoms with Gasteiger partial charge in [-0.1, -0.05) is 38.0 Å². The fourth-order valence-electron chi connectivity index (χ4n) is 4.78. The predicted molar refractivity (Wildman–Crippen MR) is 131 cm³/mol. The zero-order chi connectivity index (χ0) is 24.2. The third-order valence-electron chi connectivity index (χ3n) is 6.31. The van der Waals surface area contributed by atoms with Gasteiger partial charge >= 0.3 is 0 Å². The van der Waals surface area contributed by atoms with Crippen molar-refractivity contribution in [3.63, 3.8) is 0 Å². The summed E-state index contributed by atoms with van der Waals surface area (Å²) in [5.41, 5.74) is 5.11. The first-order chi connectivity index (χ1) is 16.5. The van der Waals surface area contributed by atoms with Gasteiger partial charge < -0.3 is 19.8 Å². The molecule has 34 heavy (non-hydrogen) atoms. The number of carbonyl (C=O) groups excluding carboxylic acids is 1. The number of aromatic hydroxyl groups is 1. The number of ether oxygens (including phenoxy) is 1. The topological polar surface area (TPSA) is 98.7 Å². The van der Waals surface area contributed by atoms with Crippen LogP contribution in [0.1, 0.15) is 71.4 Å². The number of hydrogen-bond donors (Lipinski definition) is 3. The summed E-state index contributed by atoms with van der Waals surface area (Å²) in [6.45, 7) is 7.07. The van der Waals surface area contributed by atoms with E-state index in [1.807, 2.05) is 44.2 Å². The van der Waals surface area contributed by atoms with E-state index in [1.54, 1.807) is 11.0 Å². The van der Waals surface area contributed by atoms with Gasteiger partial charge in [-0.2, -0.15) is 5.10 Å². The SMILES string of the molecule is CCCCCOc1cccc(C2c3c(-c4c(C)cc(C)cc4O)n[nH]c3C(=O)N2CCCO)c1. The first-order valence-electron chi connectivity index (χ1n) is 12.0. The first kappa shape index (κ1) is 23.8. The van der Waals surface area contributed by atoms with Crippen LogP contribution in [-0.2, 0) is 0 Å². The molecule has 7 heteroatoms. The van der Waals surface area contributed by atoms with E-state index in [1.165, 1.54) is 0 Å². The lowest BCUT2D eigenvalue weighted by atomic mass is 9.93. The monoisotopic (exact) mass is 463 g/mol. The largest absolute Gasteiger partial charge is 0.507 e. The fraction of sp³-hybridized carbons (Fsp3) is 0.407. The van der Waals surface area contributed by atoms with Crippen LogP contribution in [-0.4, -0.2) is 51.0 Å². The number of aliphatic hydroxyl groups excluding tert-OH is 1. The maximum Gasteiger partial charge on any atom is 0.273 e. The van der Waals surface area contributed by atoms with Crippen LogP contribution in [0.25, 0.3) is 11.3 Å². The summed E-state index contributed by atoms with van der Waals surface area (Å²) in [4.78, 5) is 15.1. The number of nitrogens with zero attached hydrogens (tertiary/aromatic N) is 2. The van der Waals surface area contributed by atoms with Gasteiger partial charge in [-0.05, 0) is 61.6 Å². The molecule has 0 aliphatic carbocycles. The Morgan fingerprint density at radius 1 is 1.15 bits per heavy atom. The number of H-pyrrole nitrogens is 1. The summed E-state index contributed by atoms with van der Waals surface area (Å²) >= 11 is 0. The van der Waals surface area contributed by atoms with Gasteiger partial charge in [0.25, 0.3) is 5.91 Å². The number of rotatable bonds is 10. The van der Waals surface area contributed by atoms with Crippen molar-refractivity contribution in [1.29, 1.82) is 0 Å². The molecule has 0 fully saturated rings. The zero-order valence-corrected chi connectivity index (χ0v) is 20.1. The number of aromatic amines is 1. The van der Waals surface area contributed by atoms with Crippen molar-refractivity contribution < 1.29 is 19.7 Å². The highest BCUT2D eigenvalue weighted by Gasteiger charge is 2.42. The number of benzene rings is 2. The van der Waals surface area contributed by atoms with Crippen LogP contribution in [0, 0.1) is 13.8 Å². The molecule has 1 unspecified atom stereocenters. The maximum absolute atomic E-state index is 13.4. The number of aromatic nitrogens is 2. The summed E-state index contributed by atoms with van der Waals surface area (Å²) < 4.78 is 5.98. The van der Waals surface area contributed by atoms with Gasteiger partial charge in [-0.3, -0.25) is 9.89 Å². The number of phenolic OH excluding ortho intramolecular Hbond substituents is 1. The molecular weight excluding hydrogens is 430 g/mol. The molecule has 2 heterocycles. The Bertz CT molecular complexity index is 1150. The summed E-state index contributed by atoms with van der Waals surface area (Å²) in [7, 11) is 0. The van der Waals surface area contributed by atoms with Gasteiger partial charge in [0.05, 0.1) is 12.6 Å². The van der Waals surface area contributed by atoms with Crippen LogP contribution in [0.5, 0.6) is 11.5 Å². The van der Waals surface area contributed by atoms with Crippen molar-refractivity contribution in [2.45, 2.75) is 52.5 Å². The third-order valence-corrected chi connectivity index (χ3v) is 6.31. The zero-order valence-electron chi connectivity index (χ0n) is 20.1. The van der Waals surface area contributed by atoms with E-state index in [0.717, 1.165) is 47.3 Å². The molecule has 1 aromatic heterocycles. The molecule has 3 aromatic rings. The van der Waals surface area contributed by atoms with E-state index < -0.39 is 6.04 Å². The number of amides is 1. The molecular formula is C27H33N3O4. The lowest BCUT2D eigenvalue weighted by molar-refractivity contribution is 0.0732. The predicted octanol–water partition coefficient (Wildman–Crippen LogP) is 4.90. The van der Waals surface area contributed by atoms with Gasteiger partial charge in [-0.25, -0.2) is 0 Å². The van der Waals surface area contributed by atoms with Crippen LogP contribution in [0.3, 0.4) is 0 Å². The lowest BCUT2D eigenvalue weighted by Crippen LogP contribution is -2.31. The Balaban J connectivity index is 1.78. The number of fused-ring (bicyclic) bond motifs is 1. The Labute approximate surface area is 200 Å². The summed E-state index contributed by atoms with van der Waals surface area (Å²) in [6.07, 6.45) is 3.71. The van der Waals surface area contributed by atoms with Crippen molar-refractivity contribution in [3.8, 4) is 22.8 Å². The molecule has 4 rings (SSSR count). The minimum Gasteiger partial charge on any atom is -0.507 e. The molecule has 7 nitrogen and oxygen atoms in total. The van der Waals surface area contributed by atoms with Crippen LogP contribution in [0.4, 0.5) is 0 Å². The third kappa shape index (κ3) is 4.53. The molecule has 0 radical (unpaired) electrons. The molecule has 0 saturated carbocycles. The first-order valence-corrected chi connectivity index (χ1v) is 12.0. The van der Waals surface area contributed by atoms with Gasteiger partial charge in [0.15, 0.2) is 0 Å². The second kappa shape index (κ2) is 10.3. The molecule has 1 atom stereocenters. The normalized spacial score (nSPS) is 15.1. The Hall–Kier alpha value is -3.32. The highest BCUT2D eigenvalue weighted by atomic mass is 16.5. The minimum absolute atomic E-state index is 0.00597. The standard InChI is InChI=1S/C27H33N3O4/c1-4-5-6-13-34-20-10-7-9-19(16-20)26-23-24(22-18(3)14-17(2)15-21(22)32)28-29-25(23)27(33)30(26)11-8-12-31/h7,9-10,14-16,26,31-32H,4-6,8,11-13H2,1-3H3,(H,28,29). The number of nitrogens with one attached hydrogen (secondary N) is 1. The Kier molecular flexibility index (Phi) is 7.22. The van der Waals surface area contributed by atoms with Crippen LogP contribution in [0.2, 0.25) is 0 Å². The second-order valence-electron chi connectivity index (χ2n) is 8.94. The Morgan fingerprint density at radius 3 is 2.71 bits per heavy atom. The van der Waals surface area contributed by atoms with Crippen molar-refractivity contribution >= 4 is 5.91 Å². The van der Waals surface area contributed by atoms with E-state index in [2.05, 4.69) is 17.1 Å². The van der Waals surface area contributed by atoms with Gasteiger partial charge in [0.2, 0.25) is 0 Å². The molecule has 1 aliphatic heterocycles. The van der Waals surface area contributed by atoms with Gasteiger partial charge in [0, 0.05) is 24.3 Å². The summed E-state index contributed by atoms with van der Waals surface area (Å²) in [5.74, 6) is 0.738. The van der Waals surface area contributed by atoms with E-state index in [-0.39, 0.29) is 18.3 Å². The van der Waals surface area contributed by atoms with E-state index in [4.69, 9.17) is 4.74 Å². The number of aliphatic hydroxyl groups is 1. The summed E-state index contributed by atoms with van der Waals surface area (Å²) in [6, 6.07) is 11.1. The average Bonchev–Trinajstić information content (AvgIpc) is 3.34. The van der Waals surface area contributed by atoms with Crippen molar-refractivity contribution in [3.05, 3.63) is 64.3 Å². The van der Waals surface area contributed by atoms with Crippen molar-refractivity contribution in [2.24, 2.45) is 0 Å². The number of aryl methyl sites for hydroxylation is 2. The molecule has 0 saturated heterocycles. The summed E-state index contributed by atoms with van der Waals surface area (Å²) in [5, 5.41) is 27.6. The van der Waals surface area contributed by atoms with Crippen LogP contribution in [0.15, 0.2) is 36.4 Å². The van der Waals surface area contributed by atoms with Crippen LogP contribution >= 0.6 is 0 Å². The molecule has 0 bridgehead atoms. The van der Waals surface area contributed by atoms with Crippen molar-refractivity contribution in [2.75, 3.05) is 19.8 Å². The number of unbranched alkanes of at least 4 members (excludes halogenated alkanes) is 2. The minimum atomic E-state index is -0.401. The fourth-order valence-corrected chi connectivity index (χ4v) is 4.78. The van der Waals surface area contributed by atoms with E-state index in [9.17, 15) is 15.0 Å². The van der Waals surface area contributed by atoms with Crippen LogP contribution < -0.4 is 4.74 Å². The van der Waals surface area contributed by atoms with Gasteiger partial charge in [0.1, 0.15) is 22.9 Å². The molecule has 0 spiro atoms. The van der Waals surface area contributed by atoms with Gasteiger partial charge in [-0.15, -0.1) is 0 Å². The highest BCUT2D eigenvalue weighted by Crippen LogP contribution is 2.46. The van der Waals surface area contributed by atoms with E-state index >= 15 is 0 Å². The highest BCUT2D eigenvalue weighted by molar-refractivity contribution is 6.00. The maximum atomic E-state index is 13.4. The number of hydrogen-bond acceptors (Lipinski definition) is 5. The quantitative estimate of drug-likeness (QED) is 0.372.